The number of rotatable bonds is 7. The Morgan fingerprint density at radius 1 is 1.31 bits per heavy atom. The number of likely N-dealkylation sites (tertiary alicyclic amines) is 1. The Balaban J connectivity index is 2.63. The first-order chi connectivity index (χ1) is 7.78. The smallest absolute Gasteiger partial charge is 0.0249 e. The zero-order valence-electron chi connectivity index (χ0n) is 11.6. The van der Waals surface area contributed by atoms with Gasteiger partial charge in [0.15, 0.2) is 0 Å². The number of nitrogens with one attached hydrogen (secondary N) is 1. The molecular weight excluding hydrogens is 196 g/mol. The van der Waals surface area contributed by atoms with Crippen LogP contribution in [0.3, 0.4) is 0 Å². The molecule has 1 N–H and O–H groups in total. The van der Waals surface area contributed by atoms with E-state index in [4.69, 9.17) is 0 Å². The van der Waals surface area contributed by atoms with Crippen LogP contribution in [0.25, 0.3) is 0 Å². The molecule has 2 nitrogen and oxygen atoms in total. The fourth-order valence-electron chi connectivity index (χ4n) is 3.32. The summed E-state index contributed by atoms with van der Waals surface area (Å²) in [5, 5.41) is 3.53. The van der Waals surface area contributed by atoms with Crippen LogP contribution >= 0.6 is 0 Å². The molecule has 96 valence electrons. The predicted molar refractivity (Wildman–Crippen MR) is 71.9 cm³/mol. The summed E-state index contributed by atoms with van der Waals surface area (Å²) in [6, 6.07) is 2.28. The number of hydrogen-bond acceptors (Lipinski definition) is 2. The van der Waals surface area contributed by atoms with Crippen molar-refractivity contribution in [2.75, 3.05) is 13.6 Å². The highest BCUT2D eigenvalue weighted by Crippen LogP contribution is 2.26. The predicted octanol–water partition coefficient (Wildman–Crippen LogP) is 3.03. The van der Waals surface area contributed by atoms with Gasteiger partial charge in [0.05, 0.1) is 0 Å². The highest BCUT2D eigenvalue weighted by atomic mass is 15.2. The van der Waals surface area contributed by atoms with E-state index in [0.717, 1.165) is 12.1 Å². The Morgan fingerprint density at radius 3 is 2.56 bits per heavy atom. The van der Waals surface area contributed by atoms with Crippen LogP contribution in [-0.2, 0) is 0 Å². The first-order valence-corrected chi connectivity index (χ1v) is 7.21. The largest absolute Gasteiger partial charge is 0.315 e. The number of likely N-dealkylation sites (N-methyl/N-ethyl adjacent to an activating group) is 1. The van der Waals surface area contributed by atoms with Crippen LogP contribution < -0.4 is 5.32 Å². The molecule has 3 atom stereocenters. The summed E-state index contributed by atoms with van der Waals surface area (Å²) in [6.45, 7) is 8.29. The fourth-order valence-corrected chi connectivity index (χ4v) is 3.32. The van der Waals surface area contributed by atoms with E-state index in [9.17, 15) is 0 Å². The zero-order chi connectivity index (χ0) is 12.0. The third-order valence-electron chi connectivity index (χ3n) is 4.17. The fraction of sp³-hybridized carbons (Fsp3) is 1.00. The first kappa shape index (κ1) is 14.0. The van der Waals surface area contributed by atoms with Crippen LogP contribution in [-0.4, -0.2) is 36.6 Å². The molecule has 0 aromatic heterocycles. The lowest BCUT2D eigenvalue weighted by Crippen LogP contribution is -2.50. The van der Waals surface area contributed by atoms with Gasteiger partial charge in [-0.3, -0.25) is 4.90 Å². The summed E-state index contributed by atoms with van der Waals surface area (Å²) >= 11 is 0. The lowest BCUT2D eigenvalue weighted by Gasteiger charge is -2.37. The molecule has 0 saturated carbocycles. The summed E-state index contributed by atoms with van der Waals surface area (Å²) in [5.41, 5.74) is 0. The van der Waals surface area contributed by atoms with Gasteiger partial charge in [-0.25, -0.2) is 0 Å². The van der Waals surface area contributed by atoms with Crippen molar-refractivity contribution in [1.29, 1.82) is 0 Å². The standard InChI is InChI=1S/C14H30N2/c1-5-9-13(15-4)14(7-3)16-11-8-10-12(16)6-2/h12-15H,5-11H2,1-4H3. The second-order valence-electron chi connectivity index (χ2n) is 5.10. The average molecular weight is 226 g/mol. The Kier molecular flexibility index (Phi) is 6.37. The van der Waals surface area contributed by atoms with Crippen molar-refractivity contribution in [3.8, 4) is 0 Å². The third kappa shape index (κ3) is 3.21. The van der Waals surface area contributed by atoms with E-state index in [2.05, 4.69) is 38.0 Å². The molecule has 2 heteroatoms. The summed E-state index contributed by atoms with van der Waals surface area (Å²) in [6.07, 6.45) is 8.00. The normalized spacial score (nSPS) is 25.9. The maximum Gasteiger partial charge on any atom is 0.0249 e. The molecule has 1 heterocycles. The van der Waals surface area contributed by atoms with E-state index in [1.807, 2.05) is 0 Å². The topological polar surface area (TPSA) is 15.3 Å². The van der Waals surface area contributed by atoms with Crippen molar-refractivity contribution in [2.24, 2.45) is 0 Å². The Hall–Kier alpha value is -0.0800. The molecule has 1 rings (SSSR count). The van der Waals surface area contributed by atoms with E-state index in [1.54, 1.807) is 0 Å². The molecule has 0 aromatic carbocycles. The van der Waals surface area contributed by atoms with Crippen molar-refractivity contribution >= 4 is 0 Å². The summed E-state index contributed by atoms with van der Waals surface area (Å²) < 4.78 is 0. The third-order valence-corrected chi connectivity index (χ3v) is 4.17. The molecule has 0 spiro atoms. The minimum Gasteiger partial charge on any atom is -0.315 e. The first-order valence-electron chi connectivity index (χ1n) is 7.21. The van der Waals surface area contributed by atoms with Crippen molar-refractivity contribution < 1.29 is 0 Å². The molecule has 1 saturated heterocycles. The lowest BCUT2D eigenvalue weighted by molar-refractivity contribution is 0.133. The van der Waals surface area contributed by atoms with Crippen LogP contribution in [0.5, 0.6) is 0 Å². The van der Waals surface area contributed by atoms with Gasteiger partial charge >= 0.3 is 0 Å². The Labute approximate surface area is 102 Å². The second-order valence-corrected chi connectivity index (χ2v) is 5.10. The molecule has 1 aliphatic heterocycles. The van der Waals surface area contributed by atoms with Crippen molar-refractivity contribution in [1.82, 2.24) is 10.2 Å². The van der Waals surface area contributed by atoms with Gasteiger partial charge in [-0.2, -0.15) is 0 Å². The quantitative estimate of drug-likeness (QED) is 0.718. The molecule has 0 aromatic rings. The van der Waals surface area contributed by atoms with Crippen LogP contribution in [0.1, 0.15) is 59.3 Å². The zero-order valence-corrected chi connectivity index (χ0v) is 11.6. The van der Waals surface area contributed by atoms with E-state index < -0.39 is 0 Å². The maximum atomic E-state index is 3.53. The van der Waals surface area contributed by atoms with Gasteiger partial charge in [-0.05, 0) is 45.7 Å². The maximum absolute atomic E-state index is 3.53. The van der Waals surface area contributed by atoms with Gasteiger partial charge < -0.3 is 5.32 Å². The van der Waals surface area contributed by atoms with Crippen LogP contribution in [0, 0.1) is 0 Å². The van der Waals surface area contributed by atoms with Gasteiger partial charge in [0, 0.05) is 18.1 Å². The number of nitrogens with zero attached hydrogens (tertiary/aromatic N) is 1. The molecule has 1 aliphatic rings. The van der Waals surface area contributed by atoms with Crippen molar-refractivity contribution in [3.63, 3.8) is 0 Å². The van der Waals surface area contributed by atoms with Gasteiger partial charge in [-0.1, -0.05) is 27.2 Å². The second kappa shape index (κ2) is 7.29. The molecule has 0 amide bonds. The van der Waals surface area contributed by atoms with Crippen molar-refractivity contribution in [3.05, 3.63) is 0 Å². The van der Waals surface area contributed by atoms with Crippen LogP contribution in [0.4, 0.5) is 0 Å². The van der Waals surface area contributed by atoms with E-state index in [0.29, 0.717) is 6.04 Å². The average Bonchev–Trinajstić information content (AvgIpc) is 2.77. The Bertz CT molecular complexity index is 182. The SMILES string of the molecule is CCCC(NC)C(CC)N1CCCC1CC. The van der Waals surface area contributed by atoms with E-state index in [1.165, 1.54) is 45.1 Å². The van der Waals surface area contributed by atoms with E-state index in [-0.39, 0.29) is 0 Å². The molecule has 16 heavy (non-hydrogen) atoms. The monoisotopic (exact) mass is 226 g/mol. The van der Waals surface area contributed by atoms with Gasteiger partial charge in [0.1, 0.15) is 0 Å². The molecule has 3 unspecified atom stereocenters. The molecule has 0 bridgehead atoms. The summed E-state index contributed by atoms with van der Waals surface area (Å²) in [4.78, 5) is 2.77. The molecular formula is C14H30N2. The highest BCUT2D eigenvalue weighted by molar-refractivity contribution is 4.89. The minimum atomic E-state index is 0.683. The van der Waals surface area contributed by atoms with Crippen LogP contribution in [0.15, 0.2) is 0 Å². The van der Waals surface area contributed by atoms with Gasteiger partial charge in [-0.15, -0.1) is 0 Å². The minimum absolute atomic E-state index is 0.683. The Morgan fingerprint density at radius 2 is 2.06 bits per heavy atom. The van der Waals surface area contributed by atoms with Crippen molar-refractivity contribution in [2.45, 2.75) is 77.4 Å². The van der Waals surface area contributed by atoms with Gasteiger partial charge in [0.2, 0.25) is 0 Å². The van der Waals surface area contributed by atoms with Crippen LogP contribution in [0.2, 0.25) is 0 Å². The molecule has 0 radical (unpaired) electrons. The summed E-state index contributed by atoms with van der Waals surface area (Å²) in [7, 11) is 2.13. The highest BCUT2D eigenvalue weighted by Gasteiger charge is 2.32. The van der Waals surface area contributed by atoms with Gasteiger partial charge in [0.25, 0.3) is 0 Å². The number of hydrogen-bond donors (Lipinski definition) is 1. The van der Waals surface area contributed by atoms with E-state index >= 15 is 0 Å². The lowest BCUT2D eigenvalue weighted by atomic mass is 9.98. The molecule has 1 fully saturated rings. The summed E-state index contributed by atoms with van der Waals surface area (Å²) in [5.74, 6) is 0. The molecule has 0 aliphatic carbocycles.